The van der Waals surface area contributed by atoms with Gasteiger partial charge in [-0.2, -0.15) is 0 Å². The first-order chi connectivity index (χ1) is 8.06. The molecule has 4 nitrogen and oxygen atoms in total. The van der Waals surface area contributed by atoms with Crippen LogP contribution >= 0.6 is 15.9 Å². The van der Waals surface area contributed by atoms with Crippen molar-refractivity contribution in [2.24, 2.45) is 5.73 Å². The molecule has 0 aliphatic carbocycles. The molecule has 17 heavy (non-hydrogen) atoms. The van der Waals surface area contributed by atoms with Gasteiger partial charge in [0.15, 0.2) is 0 Å². The minimum Gasteiger partial charge on any atom is -0.488 e. The van der Waals surface area contributed by atoms with Crippen LogP contribution in [0, 0.1) is 5.41 Å². The predicted octanol–water partition coefficient (Wildman–Crippen LogP) is 2.54. The number of nitrogens with two attached hydrogens (primary N) is 1. The molecule has 0 saturated carbocycles. The average Bonchev–Trinajstić information content (AvgIpc) is 2.25. The van der Waals surface area contributed by atoms with Gasteiger partial charge in [0, 0.05) is 11.1 Å². The van der Waals surface area contributed by atoms with Gasteiger partial charge in [-0.25, -0.2) is 0 Å². The zero-order valence-corrected chi connectivity index (χ0v) is 11.6. The molecule has 1 aromatic rings. The molecule has 1 unspecified atom stereocenters. The molecular formula is C12H17BrN2O2. The summed E-state index contributed by atoms with van der Waals surface area (Å²) in [5, 5.41) is 7.54. The fourth-order valence-corrected chi connectivity index (χ4v) is 1.96. The fourth-order valence-electron chi connectivity index (χ4n) is 1.40. The number of benzene rings is 1. The van der Waals surface area contributed by atoms with Crippen LogP contribution in [0.5, 0.6) is 5.75 Å². The lowest BCUT2D eigenvalue weighted by molar-refractivity contribution is 0.0656. The third-order valence-electron chi connectivity index (χ3n) is 2.13. The van der Waals surface area contributed by atoms with E-state index >= 15 is 0 Å². The SMILES string of the molecule is CCOCC(C)Oc1cccc(Br)c1C(=N)N. The molecule has 0 bridgehead atoms. The van der Waals surface area contributed by atoms with Gasteiger partial charge in [-0.1, -0.05) is 6.07 Å². The van der Waals surface area contributed by atoms with Gasteiger partial charge in [-0.15, -0.1) is 0 Å². The van der Waals surface area contributed by atoms with Crippen molar-refractivity contribution < 1.29 is 9.47 Å². The lowest BCUT2D eigenvalue weighted by atomic mass is 10.2. The van der Waals surface area contributed by atoms with Gasteiger partial charge in [0.25, 0.3) is 0 Å². The minimum absolute atomic E-state index is 0.0175. The number of nitrogen functional groups attached to an aromatic ring is 1. The van der Waals surface area contributed by atoms with Gasteiger partial charge in [0.1, 0.15) is 17.7 Å². The monoisotopic (exact) mass is 300 g/mol. The van der Waals surface area contributed by atoms with E-state index in [4.69, 9.17) is 20.6 Å². The summed E-state index contributed by atoms with van der Waals surface area (Å²) in [6.07, 6.45) is -0.0812. The Morgan fingerprint density at radius 1 is 1.53 bits per heavy atom. The van der Waals surface area contributed by atoms with E-state index < -0.39 is 0 Å². The summed E-state index contributed by atoms with van der Waals surface area (Å²) in [4.78, 5) is 0. The third-order valence-corrected chi connectivity index (χ3v) is 2.79. The van der Waals surface area contributed by atoms with Crippen LogP contribution in [0.1, 0.15) is 19.4 Å². The quantitative estimate of drug-likeness (QED) is 0.626. The van der Waals surface area contributed by atoms with Crippen molar-refractivity contribution in [2.75, 3.05) is 13.2 Å². The Morgan fingerprint density at radius 2 is 2.24 bits per heavy atom. The number of nitrogens with one attached hydrogen (secondary N) is 1. The van der Waals surface area contributed by atoms with Crippen LogP contribution in [0.2, 0.25) is 0 Å². The standard InChI is InChI=1S/C12H17BrN2O2/c1-3-16-7-8(2)17-10-6-4-5-9(13)11(10)12(14)15/h4-6,8H,3,7H2,1-2H3,(H3,14,15). The van der Waals surface area contributed by atoms with E-state index in [2.05, 4.69) is 15.9 Å². The van der Waals surface area contributed by atoms with Crippen LogP contribution in [0.25, 0.3) is 0 Å². The van der Waals surface area contributed by atoms with Gasteiger partial charge >= 0.3 is 0 Å². The Labute approximate surface area is 110 Å². The largest absolute Gasteiger partial charge is 0.488 e. The number of ether oxygens (including phenoxy) is 2. The van der Waals surface area contributed by atoms with E-state index in [9.17, 15) is 0 Å². The van der Waals surface area contributed by atoms with E-state index in [1.54, 1.807) is 6.07 Å². The molecule has 1 aromatic carbocycles. The number of hydrogen-bond acceptors (Lipinski definition) is 3. The zero-order valence-electron chi connectivity index (χ0n) is 10.00. The molecule has 0 amide bonds. The molecule has 0 aliphatic rings. The number of rotatable bonds is 6. The van der Waals surface area contributed by atoms with E-state index in [0.717, 1.165) is 4.47 Å². The average molecular weight is 301 g/mol. The summed E-state index contributed by atoms with van der Waals surface area (Å²) >= 11 is 3.36. The van der Waals surface area contributed by atoms with Crippen molar-refractivity contribution in [1.29, 1.82) is 5.41 Å². The summed E-state index contributed by atoms with van der Waals surface area (Å²) in [7, 11) is 0. The second-order valence-corrected chi connectivity index (χ2v) is 4.47. The molecule has 0 fully saturated rings. The molecule has 5 heteroatoms. The van der Waals surface area contributed by atoms with Crippen molar-refractivity contribution in [2.45, 2.75) is 20.0 Å². The topological polar surface area (TPSA) is 68.3 Å². The lowest BCUT2D eigenvalue weighted by Crippen LogP contribution is -2.22. The molecular weight excluding hydrogens is 284 g/mol. The van der Waals surface area contributed by atoms with Crippen LogP contribution in [-0.2, 0) is 4.74 Å². The Morgan fingerprint density at radius 3 is 2.82 bits per heavy atom. The molecule has 0 aliphatic heterocycles. The molecule has 0 heterocycles. The molecule has 1 rings (SSSR count). The van der Waals surface area contributed by atoms with Crippen LogP contribution in [0.15, 0.2) is 22.7 Å². The maximum Gasteiger partial charge on any atom is 0.131 e. The van der Waals surface area contributed by atoms with Crippen LogP contribution in [-0.4, -0.2) is 25.2 Å². The van der Waals surface area contributed by atoms with Crippen molar-refractivity contribution in [3.63, 3.8) is 0 Å². The highest BCUT2D eigenvalue weighted by Crippen LogP contribution is 2.27. The maximum atomic E-state index is 7.54. The van der Waals surface area contributed by atoms with Gasteiger partial charge < -0.3 is 15.2 Å². The van der Waals surface area contributed by atoms with E-state index in [0.29, 0.717) is 24.5 Å². The van der Waals surface area contributed by atoms with Gasteiger partial charge in [-0.05, 0) is 41.9 Å². The van der Waals surface area contributed by atoms with E-state index in [1.165, 1.54) is 0 Å². The molecule has 94 valence electrons. The molecule has 0 saturated heterocycles. The summed E-state index contributed by atoms with van der Waals surface area (Å²) in [5.74, 6) is 0.579. The minimum atomic E-state index is -0.0812. The zero-order chi connectivity index (χ0) is 12.8. The molecule has 0 radical (unpaired) electrons. The number of hydrogen-bond donors (Lipinski definition) is 2. The third kappa shape index (κ3) is 4.02. The first-order valence-corrected chi connectivity index (χ1v) is 6.22. The fraction of sp³-hybridized carbons (Fsp3) is 0.417. The van der Waals surface area contributed by atoms with Crippen molar-refractivity contribution >= 4 is 21.8 Å². The summed E-state index contributed by atoms with van der Waals surface area (Å²) < 4.78 is 11.7. The lowest BCUT2D eigenvalue weighted by Gasteiger charge is -2.17. The molecule has 3 N–H and O–H groups in total. The van der Waals surface area contributed by atoms with Crippen molar-refractivity contribution in [1.82, 2.24) is 0 Å². The number of amidine groups is 1. The number of halogens is 1. The smallest absolute Gasteiger partial charge is 0.131 e. The summed E-state index contributed by atoms with van der Waals surface area (Å²) in [6, 6.07) is 5.47. The first kappa shape index (κ1) is 14.0. The summed E-state index contributed by atoms with van der Waals surface area (Å²) in [5.41, 5.74) is 6.11. The highest BCUT2D eigenvalue weighted by atomic mass is 79.9. The van der Waals surface area contributed by atoms with Crippen LogP contribution in [0.3, 0.4) is 0 Å². The van der Waals surface area contributed by atoms with E-state index in [1.807, 2.05) is 26.0 Å². The molecule has 0 spiro atoms. The molecule has 1 atom stereocenters. The molecule has 0 aromatic heterocycles. The van der Waals surface area contributed by atoms with Gasteiger partial charge in [-0.3, -0.25) is 5.41 Å². The first-order valence-electron chi connectivity index (χ1n) is 5.43. The highest BCUT2D eigenvalue weighted by molar-refractivity contribution is 9.10. The maximum absolute atomic E-state index is 7.54. The van der Waals surface area contributed by atoms with Crippen molar-refractivity contribution in [3.05, 3.63) is 28.2 Å². The van der Waals surface area contributed by atoms with Crippen LogP contribution in [0.4, 0.5) is 0 Å². The second kappa shape index (κ2) is 6.61. The predicted molar refractivity (Wildman–Crippen MR) is 71.7 cm³/mol. The second-order valence-electron chi connectivity index (χ2n) is 3.61. The Hall–Kier alpha value is -1.07. The van der Waals surface area contributed by atoms with Gasteiger partial charge in [0.2, 0.25) is 0 Å². The highest BCUT2D eigenvalue weighted by Gasteiger charge is 2.13. The Balaban J connectivity index is 2.83. The normalized spacial score (nSPS) is 12.2. The Bertz CT molecular complexity index is 396. The van der Waals surface area contributed by atoms with Crippen molar-refractivity contribution in [3.8, 4) is 5.75 Å². The Kier molecular flexibility index (Phi) is 5.44. The van der Waals surface area contributed by atoms with E-state index in [-0.39, 0.29) is 11.9 Å². The summed E-state index contributed by atoms with van der Waals surface area (Å²) in [6.45, 7) is 5.03. The van der Waals surface area contributed by atoms with Gasteiger partial charge in [0.05, 0.1) is 12.2 Å². The van der Waals surface area contributed by atoms with Crippen LogP contribution < -0.4 is 10.5 Å².